The number of aryl methyl sites for hydroxylation is 1. The maximum atomic E-state index is 3.59. The zero-order chi connectivity index (χ0) is 13.2. The highest BCUT2D eigenvalue weighted by Crippen LogP contribution is 2.24. The molecule has 2 N–H and O–H groups in total. The molecule has 0 radical (unpaired) electrons. The van der Waals surface area contributed by atoms with Crippen LogP contribution in [0.15, 0.2) is 53.1 Å². The van der Waals surface area contributed by atoms with E-state index in [2.05, 4.69) is 75.6 Å². The van der Waals surface area contributed by atoms with Crippen molar-refractivity contribution < 1.29 is 0 Å². The molecular formula is C16H15BrN2. The maximum Gasteiger partial charge on any atom is 0.0487 e. The number of aromatic nitrogens is 1. The van der Waals surface area contributed by atoms with Crippen LogP contribution in [-0.4, -0.2) is 4.98 Å². The third-order valence-electron chi connectivity index (χ3n) is 3.23. The molecule has 3 aromatic rings. The molecule has 1 aromatic heterocycles. The van der Waals surface area contributed by atoms with Gasteiger partial charge in [0.25, 0.3) is 0 Å². The molecule has 0 saturated carbocycles. The Bertz CT molecular complexity index is 716. The van der Waals surface area contributed by atoms with Crippen molar-refractivity contribution in [1.82, 2.24) is 4.98 Å². The van der Waals surface area contributed by atoms with Crippen LogP contribution in [0.3, 0.4) is 0 Å². The Balaban J connectivity index is 1.77. The second kappa shape index (κ2) is 5.10. The minimum atomic E-state index is 0.822. The number of hydrogen-bond donors (Lipinski definition) is 2. The Morgan fingerprint density at radius 1 is 1.11 bits per heavy atom. The lowest BCUT2D eigenvalue weighted by Gasteiger charge is -2.09. The normalized spacial score (nSPS) is 10.8. The fraction of sp³-hybridized carbons (Fsp3) is 0.125. The van der Waals surface area contributed by atoms with Gasteiger partial charge >= 0.3 is 0 Å². The average Bonchev–Trinajstić information content (AvgIpc) is 2.85. The maximum absolute atomic E-state index is 3.59. The number of aromatic amines is 1. The van der Waals surface area contributed by atoms with E-state index in [1.807, 2.05) is 6.20 Å². The van der Waals surface area contributed by atoms with Crippen LogP contribution >= 0.6 is 15.9 Å². The van der Waals surface area contributed by atoms with Gasteiger partial charge in [-0.25, -0.2) is 0 Å². The first-order valence-corrected chi connectivity index (χ1v) is 7.08. The highest BCUT2D eigenvalue weighted by atomic mass is 79.9. The van der Waals surface area contributed by atoms with E-state index in [9.17, 15) is 0 Å². The number of hydrogen-bond acceptors (Lipinski definition) is 1. The van der Waals surface area contributed by atoms with Crippen LogP contribution in [-0.2, 0) is 6.54 Å². The van der Waals surface area contributed by atoms with Crippen LogP contribution in [0.2, 0.25) is 0 Å². The van der Waals surface area contributed by atoms with Gasteiger partial charge in [-0.2, -0.15) is 0 Å². The molecule has 3 rings (SSSR count). The van der Waals surface area contributed by atoms with E-state index in [0.29, 0.717) is 0 Å². The van der Waals surface area contributed by atoms with Crippen molar-refractivity contribution in [2.45, 2.75) is 13.5 Å². The average molecular weight is 315 g/mol. The number of nitrogens with one attached hydrogen (secondary N) is 2. The van der Waals surface area contributed by atoms with E-state index in [0.717, 1.165) is 16.7 Å². The fourth-order valence-corrected chi connectivity index (χ4v) is 2.81. The molecule has 0 aliphatic carbocycles. The van der Waals surface area contributed by atoms with E-state index >= 15 is 0 Å². The van der Waals surface area contributed by atoms with E-state index in [4.69, 9.17) is 0 Å². The molecule has 0 spiro atoms. The van der Waals surface area contributed by atoms with Crippen LogP contribution in [0.25, 0.3) is 10.9 Å². The first-order valence-electron chi connectivity index (χ1n) is 6.28. The van der Waals surface area contributed by atoms with Crippen molar-refractivity contribution in [2.24, 2.45) is 0 Å². The van der Waals surface area contributed by atoms with Crippen molar-refractivity contribution in [3.05, 3.63) is 64.3 Å². The van der Waals surface area contributed by atoms with Crippen LogP contribution < -0.4 is 5.32 Å². The zero-order valence-corrected chi connectivity index (χ0v) is 12.3. The van der Waals surface area contributed by atoms with Crippen LogP contribution in [0.5, 0.6) is 0 Å². The molecule has 3 heteroatoms. The monoisotopic (exact) mass is 314 g/mol. The van der Waals surface area contributed by atoms with Gasteiger partial charge in [-0.3, -0.25) is 0 Å². The lowest BCUT2D eigenvalue weighted by atomic mass is 10.1. The summed E-state index contributed by atoms with van der Waals surface area (Å²) in [7, 11) is 0. The second-order valence-electron chi connectivity index (χ2n) is 4.74. The summed E-state index contributed by atoms with van der Waals surface area (Å²) in [5, 5.41) is 4.71. The SMILES string of the molecule is Cc1ccc(NCc2ccc3[nH]ccc3c2)c(Br)c1. The van der Waals surface area contributed by atoms with Gasteiger partial charge in [-0.05, 0) is 69.7 Å². The van der Waals surface area contributed by atoms with Gasteiger partial charge in [-0.1, -0.05) is 12.1 Å². The van der Waals surface area contributed by atoms with E-state index in [1.54, 1.807) is 0 Å². The highest BCUT2D eigenvalue weighted by Gasteiger charge is 2.01. The smallest absolute Gasteiger partial charge is 0.0487 e. The third kappa shape index (κ3) is 2.66. The van der Waals surface area contributed by atoms with E-state index < -0.39 is 0 Å². The van der Waals surface area contributed by atoms with Gasteiger partial charge in [0.2, 0.25) is 0 Å². The van der Waals surface area contributed by atoms with Gasteiger partial charge in [-0.15, -0.1) is 0 Å². The topological polar surface area (TPSA) is 27.8 Å². The Morgan fingerprint density at radius 2 is 2.00 bits per heavy atom. The number of benzene rings is 2. The minimum Gasteiger partial charge on any atom is -0.380 e. The molecule has 0 bridgehead atoms. The Hall–Kier alpha value is -1.74. The van der Waals surface area contributed by atoms with E-state index in [-0.39, 0.29) is 0 Å². The first-order chi connectivity index (χ1) is 9.22. The largest absolute Gasteiger partial charge is 0.380 e. The molecule has 0 unspecified atom stereocenters. The first kappa shape index (κ1) is 12.3. The number of fused-ring (bicyclic) bond motifs is 1. The Labute approximate surface area is 121 Å². The number of rotatable bonds is 3. The molecule has 2 aromatic carbocycles. The van der Waals surface area contributed by atoms with Gasteiger partial charge < -0.3 is 10.3 Å². The quantitative estimate of drug-likeness (QED) is 0.710. The summed E-state index contributed by atoms with van der Waals surface area (Å²) in [6, 6.07) is 14.9. The van der Waals surface area contributed by atoms with Gasteiger partial charge in [0.1, 0.15) is 0 Å². The lowest BCUT2D eigenvalue weighted by Crippen LogP contribution is -2.00. The highest BCUT2D eigenvalue weighted by molar-refractivity contribution is 9.10. The minimum absolute atomic E-state index is 0.822. The third-order valence-corrected chi connectivity index (χ3v) is 3.88. The molecule has 0 aliphatic heterocycles. The fourth-order valence-electron chi connectivity index (χ4n) is 2.17. The number of anilines is 1. The summed E-state index contributed by atoms with van der Waals surface area (Å²) in [5.74, 6) is 0. The summed E-state index contributed by atoms with van der Waals surface area (Å²) in [6.07, 6.45) is 1.97. The van der Waals surface area contributed by atoms with E-state index in [1.165, 1.54) is 22.0 Å². The molecule has 1 heterocycles. The zero-order valence-electron chi connectivity index (χ0n) is 10.7. The van der Waals surface area contributed by atoms with Gasteiger partial charge in [0.15, 0.2) is 0 Å². The van der Waals surface area contributed by atoms with Crippen molar-refractivity contribution >= 4 is 32.5 Å². The Kier molecular flexibility index (Phi) is 3.30. The molecule has 96 valence electrons. The summed E-state index contributed by atoms with van der Waals surface area (Å²) in [6.45, 7) is 2.91. The van der Waals surface area contributed by atoms with Crippen LogP contribution in [0, 0.1) is 6.92 Å². The van der Waals surface area contributed by atoms with Crippen LogP contribution in [0.4, 0.5) is 5.69 Å². The summed E-state index contributed by atoms with van der Waals surface area (Å²) in [5.41, 5.74) is 4.84. The van der Waals surface area contributed by atoms with Crippen molar-refractivity contribution in [1.29, 1.82) is 0 Å². The molecule has 0 saturated heterocycles. The summed E-state index contributed by atoms with van der Waals surface area (Å²) < 4.78 is 1.11. The molecule has 0 fully saturated rings. The van der Waals surface area contributed by atoms with Gasteiger partial charge in [0, 0.05) is 28.4 Å². The summed E-state index contributed by atoms with van der Waals surface area (Å²) in [4.78, 5) is 3.21. The molecule has 19 heavy (non-hydrogen) atoms. The van der Waals surface area contributed by atoms with Crippen molar-refractivity contribution in [2.75, 3.05) is 5.32 Å². The predicted molar refractivity (Wildman–Crippen MR) is 84.5 cm³/mol. The predicted octanol–water partition coefficient (Wildman–Crippen LogP) is 4.85. The number of H-pyrrole nitrogens is 1. The number of halogens is 1. The molecule has 0 atom stereocenters. The molecule has 0 aliphatic rings. The standard InChI is InChI=1S/C16H15BrN2/c1-11-2-4-16(14(17)8-11)19-10-12-3-5-15-13(9-12)6-7-18-15/h2-9,18-19H,10H2,1H3. The Morgan fingerprint density at radius 3 is 2.84 bits per heavy atom. The molecular weight excluding hydrogens is 300 g/mol. The van der Waals surface area contributed by atoms with Gasteiger partial charge in [0.05, 0.1) is 0 Å². The van der Waals surface area contributed by atoms with Crippen LogP contribution in [0.1, 0.15) is 11.1 Å². The molecule has 0 amide bonds. The van der Waals surface area contributed by atoms with Crippen molar-refractivity contribution in [3.8, 4) is 0 Å². The van der Waals surface area contributed by atoms with Crippen molar-refractivity contribution in [3.63, 3.8) is 0 Å². The lowest BCUT2D eigenvalue weighted by molar-refractivity contribution is 1.15. The second-order valence-corrected chi connectivity index (χ2v) is 5.59. The summed E-state index contributed by atoms with van der Waals surface area (Å²) >= 11 is 3.59. The molecule has 2 nitrogen and oxygen atoms in total.